The number of hydrogen-bond donors (Lipinski definition) is 2. The predicted molar refractivity (Wildman–Crippen MR) is 119 cm³/mol. The third-order valence-corrected chi connectivity index (χ3v) is 6.45. The van der Waals surface area contributed by atoms with E-state index in [1.165, 1.54) is 18.2 Å². The van der Waals surface area contributed by atoms with Gasteiger partial charge < -0.3 is 10.3 Å². The number of H-pyrrole nitrogens is 1. The van der Waals surface area contributed by atoms with Crippen LogP contribution in [0.5, 0.6) is 0 Å². The van der Waals surface area contributed by atoms with Gasteiger partial charge in [0.2, 0.25) is 5.91 Å². The summed E-state index contributed by atoms with van der Waals surface area (Å²) in [5, 5.41) is 7.78. The van der Waals surface area contributed by atoms with E-state index in [9.17, 15) is 18.0 Å². The van der Waals surface area contributed by atoms with Crippen LogP contribution in [-0.2, 0) is 11.8 Å². The lowest BCUT2D eigenvalue weighted by atomic mass is 9.69. The maximum absolute atomic E-state index is 14.5. The van der Waals surface area contributed by atoms with E-state index in [1.807, 2.05) is 26.2 Å². The molecule has 8 heteroatoms. The highest BCUT2D eigenvalue weighted by Crippen LogP contribution is 2.48. The van der Waals surface area contributed by atoms with E-state index in [4.69, 9.17) is 0 Å². The minimum Gasteiger partial charge on any atom is -0.352 e. The second kappa shape index (κ2) is 8.10. The van der Waals surface area contributed by atoms with Crippen LogP contribution in [0.2, 0.25) is 0 Å². The molecule has 0 aliphatic heterocycles. The zero-order chi connectivity index (χ0) is 23.3. The van der Waals surface area contributed by atoms with E-state index >= 15 is 0 Å². The number of carbonyl (C=O) groups excluding carboxylic acids is 1. The highest BCUT2D eigenvalue weighted by Gasteiger charge is 2.39. The highest BCUT2D eigenvalue weighted by molar-refractivity contribution is 5.92. The summed E-state index contributed by atoms with van der Waals surface area (Å²) < 4.78 is 43.7. The molecule has 2 N–H and O–H groups in total. The van der Waals surface area contributed by atoms with Crippen molar-refractivity contribution < 1.29 is 18.0 Å². The zero-order valence-corrected chi connectivity index (χ0v) is 18.2. The van der Waals surface area contributed by atoms with Crippen molar-refractivity contribution in [1.82, 2.24) is 20.1 Å². The number of rotatable bonds is 5. The van der Waals surface area contributed by atoms with Gasteiger partial charge in [-0.3, -0.25) is 9.48 Å². The summed E-state index contributed by atoms with van der Waals surface area (Å²) in [6, 6.07) is 9.67. The summed E-state index contributed by atoms with van der Waals surface area (Å²) in [4.78, 5) is 15.8. The number of aromatic amines is 1. The average Bonchev–Trinajstić information content (AvgIpc) is 3.32. The Morgan fingerprint density at radius 3 is 2.52 bits per heavy atom. The van der Waals surface area contributed by atoms with Crippen LogP contribution in [0.15, 0.2) is 48.7 Å². The summed E-state index contributed by atoms with van der Waals surface area (Å²) in [5.41, 5.74) is 3.06. The number of nitrogens with one attached hydrogen (secondary N) is 2. The topological polar surface area (TPSA) is 62.7 Å². The smallest absolute Gasteiger partial charge is 0.223 e. The molecule has 0 saturated heterocycles. The van der Waals surface area contributed by atoms with E-state index in [-0.39, 0.29) is 35.1 Å². The highest BCUT2D eigenvalue weighted by atomic mass is 19.1. The van der Waals surface area contributed by atoms with Gasteiger partial charge in [0, 0.05) is 30.6 Å². The van der Waals surface area contributed by atoms with Crippen molar-refractivity contribution in [3.05, 3.63) is 77.4 Å². The van der Waals surface area contributed by atoms with Crippen molar-refractivity contribution in [2.75, 3.05) is 0 Å². The first-order valence-electron chi connectivity index (χ1n) is 10.9. The van der Waals surface area contributed by atoms with Crippen molar-refractivity contribution in [2.24, 2.45) is 13.0 Å². The van der Waals surface area contributed by atoms with Crippen LogP contribution in [0, 0.1) is 23.4 Å². The molecule has 2 heterocycles. The molecule has 5 nitrogen and oxygen atoms in total. The third-order valence-electron chi connectivity index (χ3n) is 6.45. The maximum atomic E-state index is 14.5. The van der Waals surface area contributed by atoms with Gasteiger partial charge in [-0.2, -0.15) is 5.10 Å². The van der Waals surface area contributed by atoms with E-state index in [2.05, 4.69) is 15.4 Å². The first kappa shape index (κ1) is 21.3. The fraction of sp³-hybridized carbons (Fsp3) is 0.280. The van der Waals surface area contributed by atoms with Crippen LogP contribution >= 0.6 is 0 Å². The summed E-state index contributed by atoms with van der Waals surface area (Å²) in [5.74, 6) is -2.05. The Bertz CT molecular complexity index is 1340. The summed E-state index contributed by atoms with van der Waals surface area (Å²) in [6.45, 7) is 1.88. The molecule has 1 atom stereocenters. The number of amides is 1. The van der Waals surface area contributed by atoms with Gasteiger partial charge in [0.25, 0.3) is 0 Å². The molecule has 1 fully saturated rings. The van der Waals surface area contributed by atoms with E-state index in [0.717, 1.165) is 17.3 Å². The average molecular weight is 452 g/mol. The van der Waals surface area contributed by atoms with E-state index < -0.39 is 11.6 Å². The van der Waals surface area contributed by atoms with Gasteiger partial charge in [-0.15, -0.1) is 0 Å². The SMILES string of the molecule is CC(NC(=O)[C@H]1C[C@H](c2c(-c3ccc(F)cc3)[nH]c3c(F)cc(F)cc32)C1)c1ccn(C)n1. The van der Waals surface area contributed by atoms with Gasteiger partial charge in [0.1, 0.15) is 17.5 Å². The lowest BCUT2D eigenvalue weighted by Crippen LogP contribution is -2.39. The zero-order valence-electron chi connectivity index (χ0n) is 18.2. The van der Waals surface area contributed by atoms with Crippen molar-refractivity contribution in [3.8, 4) is 11.3 Å². The molecule has 1 amide bonds. The normalized spacial score (nSPS) is 18.8. The molecular weight excluding hydrogens is 429 g/mol. The van der Waals surface area contributed by atoms with Gasteiger partial charge in [-0.1, -0.05) is 0 Å². The maximum Gasteiger partial charge on any atom is 0.223 e. The molecule has 170 valence electrons. The lowest BCUT2D eigenvalue weighted by Gasteiger charge is -2.35. The fourth-order valence-electron chi connectivity index (χ4n) is 4.65. The number of hydrogen-bond acceptors (Lipinski definition) is 2. The van der Waals surface area contributed by atoms with Crippen molar-refractivity contribution in [2.45, 2.75) is 31.7 Å². The number of halogens is 3. The van der Waals surface area contributed by atoms with Gasteiger partial charge in [-0.25, -0.2) is 13.2 Å². The number of aromatic nitrogens is 3. The molecular formula is C25H23F3N4O. The number of fused-ring (bicyclic) bond motifs is 1. The van der Waals surface area contributed by atoms with Crippen molar-refractivity contribution >= 4 is 16.8 Å². The molecule has 0 spiro atoms. The largest absolute Gasteiger partial charge is 0.352 e. The number of nitrogens with zero attached hydrogens (tertiary/aromatic N) is 2. The second-order valence-electron chi connectivity index (χ2n) is 8.74. The Morgan fingerprint density at radius 1 is 1.12 bits per heavy atom. The van der Waals surface area contributed by atoms with Gasteiger partial charge >= 0.3 is 0 Å². The molecule has 33 heavy (non-hydrogen) atoms. The molecule has 0 bridgehead atoms. The summed E-state index contributed by atoms with van der Waals surface area (Å²) >= 11 is 0. The number of carbonyl (C=O) groups is 1. The third kappa shape index (κ3) is 3.90. The summed E-state index contributed by atoms with van der Waals surface area (Å²) in [7, 11) is 1.82. The Hall–Kier alpha value is -3.55. The minimum atomic E-state index is -0.683. The minimum absolute atomic E-state index is 0.0547. The number of benzene rings is 2. The van der Waals surface area contributed by atoms with Crippen LogP contribution in [0.3, 0.4) is 0 Å². The van der Waals surface area contributed by atoms with Crippen LogP contribution in [0.1, 0.15) is 43.0 Å². The quantitative estimate of drug-likeness (QED) is 0.428. The molecule has 2 aromatic heterocycles. The van der Waals surface area contributed by atoms with Crippen molar-refractivity contribution in [1.29, 1.82) is 0 Å². The first-order chi connectivity index (χ1) is 15.8. The van der Waals surface area contributed by atoms with Crippen LogP contribution < -0.4 is 5.32 Å². The molecule has 2 aromatic carbocycles. The summed E-state index contributed by atoms with van der Waals surface area (Å²) in [6.07, 6.45) is 2.93. The van der Waals surface area contributed by atoms with E-state index in [1.54, 1.807) is 16.8 Å². The number of aryl methyl sites for hydroxylation is 1. The van der Waals surface area contributed by atoms with Crippen LogP contribution in [-0.4, -0.2) is 20.7 Å². The monoisotopic (exact) mass is 452 g/mol. The Kier molecular flexibility index (Phi) is 5.23. The molecule has 4 aromatic rings. The van der Waals surface area contributed by atoms with Gasteiger partial charge in [-0.05, 0) is 73.2 Å². The first-order valence-corrected chi connectivity index (χ1v) is 10.9. The predicted octanol–water partition coefficient (Wildman–Crippen LogP) is 5.36. The lowest BCUT2D eigenvalue weighted by molar-refractivity contribution is -0.128. The molecule has 1 aliphatic rings. The molecule has 0 radical (unpaired) electrons. The Balaban J connectivity index is 1.41. The van der Waals surface area contributed by atoms with Crippen LogP contribution in [0.4, 0.5) is 13.2 Å². The van der Waals surface area contributed by atoms with Gasteiger partial charge in [0.15, 0.2) is 0 Å². The molecule has 1 unspecified atom stereocenters. The standard InChI is InChI=1S/C25H23F3N4O/c1-13(21-7-8-32(2)31-21)29-25(33)16-9-15(10-16)22-19-11-18(27)12-20(28)24(19)30-23(22)14-3-5-17(26)6-4-14/h3-8,11-13,15-16,30H,9-10H2,1-2H3,(H,29,33)/t13?,15-,16-. The van der Waals surface area contributed by atoms with E-state index in [0.29, 0.717) is 29.5 Å². The molecule has 1 aliphatic carbocycles. The Labute approximate surface area is 188 Å². The Morgan fingerprint density at radius 2 is 1.85 bits per heavy atom. The molecule has 1 saturated carbocycles. The second-order valence-corrected chi connectivity index (χ2v) is 8.74. The van der Waals surface area contributed by atoms with Crippen LogP contribution in [0.25, 0.3) is 22.2 Å². The van der Waals surface area contributed by atoms with Gasteiger partial charge in [0.05, 0.1) is 22.9 Å². The fourth-order valence-corrected chi connectivity index (χ4v) is 4.65. The molecule has 5 rings (SSSR count). The van der Waals surface area contributed by atoms with Crippen molar-refractivity contribution in [3.63, 3.8) is 0 Å².